The first-order valence-corrected chi connectivity index (χ1v) is 10.7. The Kier molecular flexibility index (Phi) is 5.40. The summed E-state index contributed by atoms with van der Waals surface area (Å²) in [7, 11) is 0. The van der Waals surface area contributed by atoms with Crippen LogP contribution in [0.4, 0.5) is 0 Å². The molecule has 1 atom stereocenters. The number of esters is 1. The molecule has 33 heavy (non-hydrogen) atoms. The summed E-state index contributed by atoms with van der Waals surface area (Å²) in [5.74, 6) is -0.883. The Hall–Kier alpha value is -4.32. The molecule has 0 radical (unpaired) electrons. The minimum absolute atomic E-state index is 0.0338. The van der Waals surface area contributed by atoms with E-state index in [1.54, 1.807) is 19.1 Å². The maximum atomic E-state index is 13.3. The molecular weight excluding hydrogens is 418 g/mol. The maximum absolute atomic E-state index is 13.3. The second-order valence-corrected chi connectivity index (χ2v) is 7.54. The van der Waals surface area contributed by atoms with Gasteiger partial charge in [0.15, 0.2) is 5.76 Å². The molecular formula is C27H21NO5. The normalized spacial score (nSPS) is 15.0. The number of hydrogen-bond acceptors (Lipinski definition) is 5. The molecule has 4 aromatic rings. The molecule has 0 saturated carbocycles. The van der Waals surface area contributed by atoms with Crippen LogP contribution in [-0.2, 0) is 9.53 Å². The summed E-state index contributed by atoms with van der Waals surface area (Å²) < 4.78 is 16.8. The van der Waals surface area contributed by atoms with Crippen LogP contribution in [0.1, 0.15) is 34.5 Å². The van der Waals surface area contributed by atoms with E-state index in [1.165, 1.54) is 6.26 Å². The van der Waals surface area contributed by atoms with Gasteiger partial charge in [-0.1, -0.05) is 60.7 Å². The molecule has 164 valence electrons. The van der Waals surface area contributed by atoms with Gasteiger partial charge in [-0.3, -0.25) is 10.1 Å². The standard InChI is InChI=1S/C27H21NO5/c1-2-31-27(30)24-22(18-10-4-3-5-11-18)23-19-12-7-6-9-17(19)14-15-20(23)33-26(24)28-25(29)21-13-8-16-32-21/h3-16,22H,2H2,1H3,(H,28,29)/t22-/m1/s1. The largest absolute Gasteiger partial charge is 0.462 e. The van der Waals surface area contributed by atoms with Crippen LogP contribution in [0.25, 0.3) is 10.8 Å². The molecule has 0 fully saturated rings. The van der Waals surface area contributed by atoms with E-state index < -0.39 is 17.8 Å². The van der Waals surface area contributed by atoms with Gasteiger partial charge in [-0.25, -0.2) is 4.79 Å². The summed E-state index contributed by atoms with van der Waals surface area (Å²) in [5.41, 5.74) is 1.95. The Balaban J connectivity index is 1.74. The number of benzene rings is 3. The molecule has 1 amide bonds. The minimum Gasteiger partial charge on any atom is -0.462 e. The lowest BCUT2D eigenvalue weighted by molar-refractivity contribution is -0.139. The van der Waals surface area contributed by atoms with Gasteiger partial charge < -0.3 is 13.9 Å². The van der Waals surface area contributed by atoms with Crippen LogP contribution in [0.3, 0.4) is 0 Å². The van der Waals surface area contributed by atoms with Crippen LogP contribution >= 0.6 is 0 Å². The molecule has 6 heteroatoms. The van der Waals surface area contributed by atoms with Crippen molar-refractivity contribution in [2.45, 2.75) is 12.8 Å². The summed E-state index contributed by atoms with van der Waals surface area (Å²) in [5, 5.41) is 4.70. The SMILES string of the molecule is CCOC(=O)C1=C(NC(=O)c2ccco2)Oc2ccc3ccccc3c2[C@H]1c1ccccc1. The van der Waals surface area contributed by atoms with Crippen LogP contribution in [0.5, 0.6) is 5.75 Å². The van der Waals surface area contributed by atoms with Crippen LogP contribution in [0, 0.1) is 0 Å². The summed E-state index contributed by atoms with van der Waals surface area (Å²) in [6.07, 6.45) is 1.41. The van der Waals surface area contributed by atoms with E-state index in [9.17, 15) is 9.59 Å². The lowest BCUT2D eigenvalue weighted by atomic mass is 9.80. The molecule has 0 saturated heterocycles. The van der Waals surface area contributed by atoms with Crippen molar-refractivity contribution in [3.05, 3.63) is 113 Å². The first kappa shape index (κ1) is 20.6. The highest BCUT2D eigenvalue weighted by atomic mass is 16.5. The molecule has 1 aromatic heterocycles. The summed E-state index contributed by atoms with van der Waals surface area (Å²) in [6.45, 7) is 1.93. The fraction of sp³-hybridized carbons (Fsp3) is 0.111. The van der Waals surface area contributed by atoms with E-state index in [4.69, 9.17) is 13.9 Å². The van der Waals surface area contributed by atoms with Crippen molar-refractivity contribution in [1.29, 1.82) is 0 Å². The van der Waals surface area contributed by atoms with Crippen molar-refractivity contribution in [3.8, 4) is 5.75 Å². The Morgan fingerprint density at radius 1 is 0.939 bits per heavy atom. The Bertz CT molecular complexity index is 1360. The van der Waals surface area contributed by atoms with Gasteiger partial charge in [0, 0.05) is 5.56 Å². The summed E-state index contributed by atoms with van der Waals surface area (Å²) in [6, 6.07) is 24.6. The molecule has 1 aliphatic heterocycles. The van der Waals surface area contributed by atoms with Gasteiger partial charge in [0.25, 0.3) is 5.91 Å². The predicted octanol–water partition coefficient (Wildman–Crippen LogP) is 5.16. The van der Waals surface area contributed by atoms with Gasteiger partial charge in [0.05, 0.1) is 18.8 Å². The molecule has 1 aliphatic rings. The van der Waals surface area contributed by atoms with E-state index in [2.05, 4.69) is 5.32 Å². The smallest absolute Gasteiger partial charge is 0.340 e. The van der Waals surface area contributed by atoms with E-state index in [-0.39, 0.29) is 23.8 Å². The average Bonchev–Trinajstić information content (AvgIpc) is 3.39. The molecule has 0 aliphatic carbocycles. The van der Waals surface area contributed by atoms with Gasteiger partial charge in [0.2, 0.25) is 5.88 Å². The number of fused-ring (bicyclic) bond motifs is 3. The third-order valence-corrected chi connectivity index (χ3v) is 5.56. The van der Waals surface area contributed by atoms with Crippen molar-refractivity contribution < 1.29 is 23.5 Å². The monoisotopic (exact) mass is 439 g/mol. The number of ether oxygens (including phenoxy) is 2. The van der Waals surface area contributed by atoms with E-state index in [0.29, 0.717) is 5.75 Å². The van der Waals surface area contributed by atoms with E-state index in [0.717, 1.165) is 21.9 Å². The average molecular weight is 439 g/mol. The van der Waals surface area contributed by atoms with Crippen molar-refractivity contribution in [2.75, 3.05) is 6.61 Å². The lowest BCUT2D eigenvalue weighted by Gasteiger charge is -2.31. The zero-order valence-corrected chi connectivity index (χ0v) is 17.9. The van der Waals surface area contributed by atoms with Crippen molar-refractivity contribution in [1.82, 2.24) is 5.32 Å². The Morgan fingerprint density at radius 2 is 1.73 bits per heavy atom. The second-order valence-electron chi connectivity index (χ2n) is 7.54. The zero-order valence-electron chi connectivity index (χ0n) is 17.9. The first-order valence-electron chi connectivity index (χ1n) is 10.7. The molecule has 0 bridgehead atoms. The molecule has 5 rings (SSSR count). The summed E-state index contributed by atoms with van der Waals surface area (Å²) >= 11 is 0. The zero-order chi connectivity index (χ0) is 22.8. The Labute approximate surface area is 190 Å². The number of rotatable bonds is 5. The highest BCUT2D eigenvalue weighted by Crippen LogP contribution is 2.46. The fourth-order valence-electron chi connectivity index (χ4n) is 4.17. The molecule has 0 unspecified atom stereocenters. The number of hydrogen-bond donors (Lipinski definition) is 1. The number of furan rings is 1. The number of carbonyl (C=O) groups is 2. The van der Waals surface area contributed by atoms with Crippen LogP contribution < -0.4 is 10.1 Å². The van der Waals surface area contributed by atoms with Crippen LogP contribution in [0.2, 0.25) is 0 Å². The van der Waals surface area contributed by atoms with Gasteiger partial charge >= 0.3 is 5.97 Å². The van der Waals surface area contributed by atoms with Crippen molar-refractivity contribution in [2.24, 2.45) is 0 Å². The maximum Gasteiger partial charge on any atom is 0.340 e. The van der Waals surface area contributed by atoms with Gasteiger partial charge in [-0.15, -0.1) is 0 Å². The molecule has 0 spiro atoms. The number of nitrogens with one attached hydrogen (secondary N) is 1. The van der Waals surface area contributed by atoms with E-state index >= 15 is 0 Å². The topological polar surface area (TPSA) is 77.8 Å². The Morgan fingerprint density at radius 3 is 2.48 bits per heavy atom. The second kappa shape index (κ2) is 8.67. The number of carbonyl (C=O) groups excluding carboxylic acids is 2. The van der Waals surface area contributed by atoms with Gasteiger partial charge in [-0.05, 0) is 41.5 Å². The first-order chi connectivity index (χ1) is 16.2. The predicted molar refractivity (Wildman–Crippen MR) is 123 cm³/mol. The van der Waals surface area contributed by atoms with Crippen LogP contribution in [-0.4, -0.2) is 18.5 Å². The lowest BCUT2D eigenvalue weighted by Crippen LogP contribution is -2.34. The van der Waals surface area contributed by atoms with Gasteiger partial charge in [0.1, 0.15) is 11.3 Å². The third-order valence-electron chi connectivity index (χ3n) is 5.56. The van der Waals surface area contributed by atoms with Gasteiger partial charge in [-0.2, -0.15) is 0 Å². The van der Waals surface area contributed by atoms with Crippen molar-refractivity contribution >= 4 is 22.6 Å². The van der Waals surface area contributed by atoms with Crippen molar-refractivity contribution in [3.63, 3.8) is 0 Å². The molecule has 1 N–H and O–H groups in total. The molecule has 3 aromatic carbocycles. The minimum atomic E-state index is -0.556. The highest BCUT2D eigenvalue weighted by molar-refractivity contribution is 5.99. The number of amides is 1. The highest BCUT2D eigenvalue weighted by Gasteiger charge is 2.38. The van der Waals surface area contributed by atoms with Crippen LogP contribution in [0.15, 0.2) is 101 Å². The van der Waals surface area contributed by atoms with E-state index in [1.807, 2.05) is 66.7 Å². The molecule has 2 heterocycles. The quantitative estimate of drug-likeness (QED) is 0.435. The fourth-order valence-corrected chi connectivity index (χ4v) is 4.17. The third kappa shape index (κ3) is 3.76. The summed E-state index contributed by atoms with van der Waals surface area (Å²) in [4.78, 5) is 26.1. The molecule has 6 nitrogen and oxygen atoms in total.